The number of hydrogen-bond acceptors (Lipinski definition) is 4. The monoisotopic (exact) mass is 261 g/mol. The summed E-state index contributed by atoms with van der Waals surface area (Å²) >= 11 is 0. The largest absolute Gasteiger partial charge is 0.477 e. The number of hydrogen-bond donors (Lipinski definition) is 1. The highest BCUT2D eigenvalue weighted by molar-refractivity contribution is 5.85. The first-order valence-corrected chi connectivity index (χ1v) is 5.57. The first-order valence-electron chi connectivity index (χ1n) is 5.57. The third-order valence-electron chi connectivity index (χ3n) is 2.72. The molecular weight excluding hydrogens is 250 g/mol. The summed E-state index contributed by atoms with van der Waals surface area (Å²) in [5.41, 5.74) is 0.657. The first-order chi connectivity index (χ1) is 9.09. The molecule has 19 heavy (non-hydrogen) atoms. The Hall–Kier alpha value is -2.70. The second-order valence-corrected chi connectivity index (χ2v) is 3.88. The van der Waals surface area contributed by atoms with E-state index in [0.29, 0.717) is 12.0 Å². The van der Waals surface area contributed by atoms with E-state index in [-0.39, 0.29) is 17.9 Å². The van der Waals surface area contributed by atoms with Crippen LogP contribution in [-0.4, -0.2) is 25.8 Å². The third kappa shape index (κ3) is 2.76. The average molecular weight is 261 g/mol. The molecule has 7 heteroatoms. The predicted octanol–water partition coefficient (Wildman–Crippen LogP) is 1.73. The van der Waals surface area contributed by atoms with Crippen LogP contribution < -0.4 is 0 Å². The lowest BCUT2D eigenvalue weighted by molar-refractivity contribution is -0.385. The number of benzene rings is 1. The molecule has 0 bridgehead atoms. The van der Waals surface area contributed by atoms with Crippen molar-refractivity contribution < 1.29 is 14.8 Å². The van der Waals surface area contributed by atoms with E-state index in [1.54, 1.807) is 18.2 Å². The van der Waals surface area contributed by atoms with Crippen LogP contribution in [0.4, 0.5) is 5.69 Å². The predicted molar refractivity (Wildman–Crippen MR) is 66.0 cm³/mol. The van der Waals surface area contributed by atoms with Crippen LogP contribution in [-0.2, 0) is 13.0 Å². The van der Waals surface area contributed by atoms with Crippen LogP contribution in [0.15, 0.2) is 36.5 Å². The third-order valence-corrected chi connectivity index (χ3v) is 2.72. The van der Waals surface area contributed by atoms with Gasteiger partial charge in [-0.2, -0.15) is 5.10 Å². The molecule has 1 aromatic heterocycles. The second-order valence-electron chi connectivity index (χ2n) is 3.88. The van der Waals surface area contributed by atoms with Gasteiger partial charge in [0.2, 0.25) is 0 Å². The van der Waals surface area contributed by atoms with Gasteiger partial charge in [0.25, 0.3) is 5.69 Å². The van der Waals surface area contributed by atoms with Crippen LogP contribution in [0.25, 0.3) is 0 Å². The summed E-state index contributed by atoms with van der Waals surface area (Å²) in [6.45, 7) is 0.277. The molecule has 2 rings (SSSR count). The van der Waals surface area contributed by atoms with Gasteiger partial charge in [-0.1, -0.05) is 18.2 Å². The molecule has 98 valence electrons. The fourth-order valence-corrected chi connectivity index (χ4v) is 1.82. The Balaban J connectivity index is 2.17. The minimum Gasteiger partial charge on any atom is -0.477 e. The molecule has 0 aliphatic rings. The molecule has 0 aliphatic heterocycles. The van der Waals surface area contributed by atoms with Crippen molar-refractivity contribution in [1.82, 2.24) is 9.78 Å². The molecule has 0 spiro atoms. The summed E-state index contributed by atoms with van der Waals surface area (Å²) in [7, 11) is 0. The topological polar surface area (TPSA) is 98.3 Å². The van der Waals surface area contributed by atoms with Crippen LogP contribution in [0.1, 0.15) is 16.1 Å². The zero-order chi connectivity index (χ0) is 13.8. The number of carboxylic acids is 1. The van der Waals surface area contributed by atoms with Crippen molar-refractivity contribution in [3.8, 4) is 0 Å². The van der Waals surface area contributed by atoms with Gasteiger partial charge in [-0.3, -0.25) is 14.8 Å². The molecule has 0 aliphatic carbocycles. The molecule has 1 aromatic carbocycles. The number of para-hydroxylation sites is 1. The van der Waals surface area contributed by atoms with Gasteiger partial charge in [0.15, 0.2) is 0 Å². The van der Waals surface area contributed by atoms with E-state index in [4.69, 9.17) is 5.11 Å². The highest BCUT2D eigenvalue weighted by Gasteiger charge is 2.14. The van der Waals surface area contributed by atoms with E-state index in [0.717, 1.165) is 0 Å². The molecular formula is C12H11N3O4. The first kappa shape index (κ1) is 12.7. The maximum atomic E-state index is 10.9. The fraction of sp³-hybridized carbons (Fsp3) is 0.167. The number of nitrogens with zero attached hydrogens (tertiary/aromatic N) is 3. The van der Waals surface area contributed by atoms with Gasteiger partial charge < -0.3 is 5.11 Å². The van der Waals surface area contributed by atoms with Crippen LogP contribution in [0.5, 0.6) is 0 Å². The minimum absolute atomic E-state index is 0.0338. The van der Waals surface area contributed by atoms with E-state index < -0.39 is 10.9 Å². The van der Waals surface area contributed by atoms with Gasteiger partial charge in [-0.05, 0) is 12.5 Å². The van der Waals surface area contributed by atoms with Crippen LogP contribution in [0, 0.1) is 10.1 Å². The molecule has 0 amide bonds. The zero-order valence-corrected chi connectivity index (χ0v) is 9.89. The lowest BCUT2D eigenvalue weighted by Gasteiger charge is -2.05. The number of carboxylic acid groups (broad SMARTS) is 1. The molecule has 0 fully saturated rings. The van der Waals surface area contributed by atoms with Crippen molar-refractivity contribution in [1.29, 1.82) is 0 Å². The van der Waals surface area contributed by atoms with Gasteiger partial charge in [0.05, 0.1) is 4.92 Å². The maximum Gasteiger partial charge on any atom is 0.354 e. The Morgan fingerprint density at radius 1 is 1.37 bits per heavy atom. The smallest absolute Gasteiger partial charge is 0.354 e. The van der Waals surface area contributed by atoms with Gasteiger partial charge in [0, 0.05) is 24.4 Å². The number of nitro benzene ring substituents is 1. The molecule has 7 nitrogen and oxygen atoms in total. The van der Waals surface area contributed by atoms with Gasteiger partial charge in [-0.25, -0.2) is 4.79 Å². The number of nitro groups is 1. The summed E-state index contributed by atoms with van der Waals surface area (Å²) < 4.78 is 1.32. The van der Waals surface area contributed by atoms with E-state index in [9.17, 15) is 14.9 Å². The summed E-state index contributed by atoms with van der Waals surface area (Å²) in [5, 5.41) is 23.7. The molecule has 1 heterocycles. The zero-order valence-electron chi connectivity index (χ0n) is 9.89. The number of carbonyl (C=O) groups is 1. The van der Waals surface area contributed by atoms with Gasteiger partial charge >= 0.3 is 5.97 Å². The van der Waals surface area contributed by atoms with Gasteiger partial charge in [-0.15, -0.1) is 0 Å². The van der Waals surface area contributed by atoms with Crippen LogP contribution >= 0.6 is 0 Å². The number of aryl methyl sites for hydroxylation is 2. The second kappa shape index (κ2) is 5.30. The molecule has 0 saturated carbocycles. The van der Waals surface area contributed by atoms with Crippen molar-refractivity contribution in [2.75, 3.05) is 0 Å². The Kier molecular flexibility index (Phi) is 3.56. The summed E-state index contributed by atoms with van der Waals surface area (Å²) in [5.74, 6) is -1.07. The van der Waals surface area contributed by atoms with Gasteiger partial charge in [0.1, 0.15) is 5.69 Å². The summed E-state index contributed by atoms with van der Waals surface area (Å²) in [6, 6.07) is 7.78. The van der Waals surface area contributed by atoms with Crippen molar-refractivity contribution in [2.24, 2.45) is 0 Å². The van der Waals surface area contributed by atoms with E-state index >= 15 is 0 Å². The minimum atomic E-state index is -1.07. The van der Waals surface area contributed by atoms with Crippen molar-refractivity contribution >= 4 is 11.7 Å². The molecule has 1 N–H and O–H groups in total. The lowest BCUT2D eigenvalue weighted by atomic mass is 10.1. The normalized spacial score (nSPS) is 10.3. The van der Waals surface area contributed by atoms with E-state index in [1.165, 1.54) is 23.0 Å². The Morgan fingerprint density at radius 3 is 2.79 bits per heavy atom. The highest BCUT2D eigenvalue weighted by Crippen LogP contribution is 2.18. The summed E-state index contributed by atoms with van der Waals surface area (Å²) in [6.07, 6.45) is 1.74. The Morgan fingerprint density at radius 2 is 2.11 bits per heavy atom. The van der Waals surface area contributed by atoms with Crippen LogP contribution in [0.2, 0.25) is 0 Å². The highest BCUT2D eigenvalue weighted by atomic mass is 16.6. The number of rotatable bonds is 5. The van der Waals surface area contributed by atoms with E-state index in [2.05, 4.69) is 5.10 Å². The van der Waals surface area contributed by atoms with Crippen molar-refractivity contribution in [3.05, 3.63) is 57.9 Å². The molecule has 0 atom stereocenters. The number of aromatic nitrogens is 2. The van der Waals surface area contributed by atoms with Crippen molar-refractivity contribution in [2.45, 2.75) is 13.0 Å². The SMILES string of the molecule is O=C(O)c1ccnn1CCc1ccccc1[N+](=O)[O-]. The Bertz CT molecular complexity index is 621. The summed E-state index contributed by atoms with van der Waals surface area (Å²) in [4.78, 5) is 21.3. The molecule has 2 aromatic rings. The molecule has 0 radical (unpaired) electrons. The fourth-order valence-electron chi connectivity index (χ4n) is 1.82. The van der Waals surface area contributed by atoms with Crippen molar-refractivity contribution in [3.63, 3.8) is 0 Å². The number of aromatic carboxylic acids is 1. The molecule has 0 unspecified atom stereocenters. The standard InChI is InChI=1S/C12H11N3O4/c16-12(17)11-5-7-13-14(11)8-6-9-3-1-2-4-10(9)15(18)19/h1-5,7H,6,8H2,(H,16,17). The average Bonchev–Trinajstić information content (AvgIpc) is 2.85. The Labute approximate surface area is 108 Å². The van der Waals surface area contributed by atoms with Crippen LogP contribution in [0.3, 0.4) is 0 Å². The van der Waals surface area contributed by atoms with E-state index in [1.807, 2.05) is 0 Å². The maximum absolute atomic E-state index is 10.9. The quantitative estimate of drug-likeness (QED) is 0.652. The molecule has 0 saturated heterocycles. The lowest BCUT2D eigenvalue weighted by Crippen LogP contribution is -2.12.